The molecule has 0 heterocycles. The zero-order valence-electron chi connectivity index (χ0n) is 23.2. The number of aromatic hydroxyl groups is 3. The summed E-state index contributed by atoms with van der Waals surface area (Å²) in [7, 11) is 4.55. The van der Waals surface area contributed by atoms with Gasteiger partial charge in [0.25, 0.3) is 0 Å². The molecule has 0 aliphatic heterocycles. The summed E-state index contributed by atoms with van der Waals surface area (Å²) in [6, 6.07) is 16.0. The van der Waals surface area contributed by atoms with E-state index in [1.165, 1.54) is 21.3 Å². The number of rotatable bonds is 16. The summed E-state index contributed by atoms with van der Waals surface area (Å²) < 4.78 is 15.5. The van der Waals surface area contributed by atoms with Gasteiger partial charge in [0.15, 0.2) is 34.5 Å². The second kappa shape index (κ2) is 16.0. The number of benzene rings is 3. The third-order valence-corrected chi connectivity index (χ3v) is 6.23. The zero-order valence-corrected chi connectivity index (χ0v) is 23.2. The molecule has 10 nitrogen and oxygen atoms in total. The molecule has 4 N–H and O–H groups in total. The maximum atomic E-state index is 10.6. The molecule has 0 aromatic heterocycles. The number of aliphatic imine (C=N–C) groups is 2. The normalized spacial score (nSPS) is 11.5. The van der Waals surface area contributed by atoms with Crippen molar-refractivity contribution in [3.8, 4) is 34.5 Å². The maximum Gasteiger partial charge on any atom is 0.166 e. The summed E-state index contributed by atoms with van der Waals surface area (Å²) in [5.41, 5.74) is 1.95. The van der Waals surface area contributed by atoms with Crippen molar-refractivity contribution in [3.63, 3.8) is 0 Å². The number of phenolic OH excluding ortho intramolecular Hbond substituents is 3. The molecule has 0 fully saturated rings. The Labute approximate surface area is 235 Å². The van der Waals surface area contributed by atoms with E-state index in [0.717, 1.165) is 5.56 Å². The Bertz CT molecular complexity index is 1280. The van der Waals surface area contributed by atoms with Gasteiger partial charge in [0, 0.05) is 61.8 Å². The van der Waals surface area contributed by atoms with Crippen molar-refractivity contribution >= 4 is 12.4 Å². The SMILES string of the molecule is COc1cccc(C=NCCNCCN(CCN=Cc2cccc(OC)c2O)Cc2cccc(OC)c2O)c1O. The molecule has 0 aliphatic rings. The van der Waals surface area contributed by atoms with Crippen LogP contribution in [0, 0.1) is 0 Å². The van der Waals surface area contributed by atoms with Crippen LogP contribution in [0.5, 0.6) is 34.5 Å². The maximum absolute atomic E-state index is 10.6. The molecule has 0 spiro atoms. The zero-order chi connectivity index (χ0) is 28.7. The molecule has 0 aliphatic carbocycles. The third-order valence-electron chi connectivity index (χ3n) is 6.23. The van der Waals surface area contributed by atoms with Crippen LogP contribution < -0.4 is 19.5 Å². The van der Waals surface area contributed by atoms with E-state index in [1.54, 1.807) is 54.9 Å². The summed E-state index contributed by atoms with van der Waals surface area (Å²) in [5, 5.41) is 34.4. The molecule has 10 heteroatoms. The summed E-state index contributed by atoms with van der Waals surface area (Å²) in [6.07, 6.45) is 3.27. The van der Waals surface area contributed by atoms with Crippen molar-refractivity contribution in [2.75, 3.05) is 60.6 Å². The third kappa shape index (κ3) is 8.62. The molecule has 214 valence electrons. The van der Waals surface area contributed by atoms with E-state index in [9.17, 15) is 15.3 Å². The molecule has 0 bridgehead atoms. The fourth-order valence-corrected chi connectivity index (χ4v) is 4.02. The molecule has 3 rings (SSSR count). The first kappa shape index (κ1) is 30.3. The Hall–Kier alpha value is -4.28. The van der Waals surface area contributed by atoms with Gasteiger partial charge in [-0.2, -0.15) is 0 Å². The van der Waals surface area contributed by atoms with E-state index >= 15 is 0 Å². The predicted octanol–water partition coefficient (Wildman–Crippen LogP) is 3.46. The quantitative estimate of drug-likeness (QED) is 0.158. The van der Waals surface area contributed by atoms with Crippen LogP contribution in [-0.4, -0.2) is 93.2 Å². The van der Waals surface area contributed by atoms with E-state index < -0.39 is 0 Å². The van der Waals surface area contributed by atoms with Crippen LogP contribution in [0.3, 0.4) is 0 Å². The van der Waals surface area contributed by atoms with Crippen molar-refractivity contribution in [2.24, 2.45) is 9.98 Å². The molecular formula is C30H38N4O6. The minimum absolute atomic E-state index is 0.0559. The Kier molecular flexibility index (Phi) is 12.1. The number of methoxy groups -OCH3 is 3. The summed E-state index contributed by atoms with van der Waals surface area (Å²) >= 11 is 0. The molecule has 0 radical (unpaired) electrons. The number of nitrogens with one attached hydrogen (secondary N) is 1. The van der Waals surface area contributed by atoms with Gasteiger partial charge in [-0.25, -0.2) is 0 Å². The van der Waals surface area contributed by atoms with Crippen LogP contribution in [0.15, 0.2) is 64.6 Å². The Morgan fingerprint density at radius 3 is 1.77 bits per heavy atom. The summed E-state index contributed by atoms with van der Waals surface area (Å²) in [5.74, 6) is 1.50. The molecule has 0 atom stereocenters. The fraction of sp³-hybridized carbons (Fsp3) is 0.333. The number of phenols is 3. The lowest BCUT2D eigenvalue weighted by Gasteiger charge is -2.22. The molecule has 0 amide bonds. The lowest BCUT2D eigenvalue weighted by atomic mass is 10.1. The van der Waals surface area contributed by atoms with Crippen LogP contribution in [-0.2, 0) is 6.54 Å². The highest BCUT2D eigenvalue weighted by Gasteiger charge is 2.12. The van der Waals surface area contributed by atoms with Crippen LogP contribution in [0.4, 0.5) is 0 Å². The minimum Gasteiger partial charge on any atom is -0.504 e. The van der Waals surface area contributed by atoms with Gasteiger partial charge < -0.3 is 34.8 Å². The van der Waals surface area contributed by atoms with Gasteiger partial charge in [-0.3, -0.25) is 14.9 Å². The smallest absolute Gasteiger partial charge is 0.166 e. The fourth-order valence-electron chi connectivity index (χ4n) is 4.02. The Balaban J connectivity index is 1.54. The predicted molar refractivity (Wildman–Crippen MR) is 157 cm³/mol. The van der Waals surface area contributed by atoms with Crippen molar-refractivity contribution in [1.29, 1.82) is 0 Å². The highest BCUT2D eigenvalue weighted by molar-refractivity contribution is 5.85. The standard InChI is InChI=1S/C30H38N4O6/c1-38-25-10-4-7-22(28(25)35)19-32-14-13-31-15-17-34(21-24-9-6-12-27(40-3)30(24)37)18-16-33-20-23-8-5-11-26(39-2)29(23)36/h4-12,19-20,31,35-37H,13-18,21H2,1-3H3. The minimum atomic E-state index is 0.0559. The Morgan fingerprint density at radius 2 is 1.20 bits per heavy atom. The average molecular weight is 551 g/mol. The van der Waals surface area contributed by atoms with Crippen molar-refractivity contribution < 1.29 is 29.5 Å². The van der Waals surface area contributed by atoms with Gasteiger partial charge in [-0.15, -0.1) is 0 Å². The number of nitrogens with zero attached hydrogens (tertiary/aromatic N) is 3. The van der Waals surface area contributed by atoms with E-state index in [-0.39, 0.29) is 17.2 Å². The number of ether oxygens (including phenoxy) is 3. The van der Waals surface area contributed by atoms with Gasteiger partial charge in [0.2, 0.25) is 0 Å². The van der Waals surface area contributed by atoms with Crippen molar-refractivity contribution in [2.45, 2.75) is 6.54 Å². The lowest BCUT2D eigenvalue weighted by Crippen LogP contribution is -2.34. The first-order valence-electron chi connectivity index (χ1n) is 13.0. The number of para-hydroxylation sites is 3. The van der Waals surface area contributed by atoms with E-state index in [1.807, 2.05) is 12.1 Å². The topological polar surface area (TPSA) is 128 Å². The molecule has 40 heavy (non-hydrogen) atoms. The van der Waals surface area contributed by atoms with Gasteiger partial charge >= 0.3 is 0 Å². The highest BCUT2D eigenvalue weighted by atomic mass is 16.5. The van der Waals surface area contributed by atoms with Gasteiger partial charge in [-0.1, -0.05) is 24.3 Å². The lowest BCUT2D eigenvalue weighted by molar-refractivity contribution is 0.267. The second-order valence-electron chi connectivity index (χ2n) is 8.86. The van der Waals surface area contributed by atoms with Crippen LogP contribution in [0.25, 0.3) is 0 Å². The monoisotopic (exact) mass is 550 g/mol. The highest BCUT2D eigenvalue weighted by Crippen LogP contribution is 2.31. The molecule has 3 aromatic carbocycles. The Morgan fingerprint density at radius 1 is 0.675 bits per heavy atom. The van der Waals surface area contributed by atoms with Crippen LogP contribution in [0.1, 0.15) is 16.7 Å². The van der Waals surface area contributed by atoms with Gasteiger partial charge in [0.05, 0.1) is 34.4 Å². The van der Waals surface area contributed by atoms with Crippen molar-refractivity contribution in [3.05, 3.63) is 71.3 Å². The molecule has 0 saturated carbocycles. The first-order valence-corrected chi connectivity index (χ1v) is 13.0. The van der Waals surface area contributed by atoms with Crippen molar-refractivity contribution in [1.82, 2.24) is 10.2 Å². The molecule has 3 aromatic rings. The van der Waals surface area contributed by atoms with E-state index in [0.29, 0.717) is 74.2 Å². The van der Waals surface area contributed by atoms with E-state index in [2.05, 4.69) is 20.2 Å². The number of hydrogen-bond acceptors (Lipinski definition) is 10. The largest absolute Gasteiger partial charge is 0.504 e. The van der Waals surface area contributed by atoms with Gasteiger partial charge in [0.1, 0.15) is 0 Å². The average Bonchev–Trinajstić information content (AvgIpc) is 2.97. The molecule has 0 saturated heterocycles. The van der Waals surface area contributed by atoms with Crippen LogP contribution >= 0.6 is 0 Å². The summed E-state index contributed by atoms with van der Waals surface area (Å²) in [4.78, 5) is 11.1. The second-order valence-corrected chi connectivity index (χ2v) is 8.86. The number of hydrogen-bond donors (Lipinski definition) is 4. The molecular weight excluding hydrogens is 512 g/mol. The van der Waals surface area contributed by atoms with Crippen LogP contribution in [0.2, 0.25) is 0 Å². The first-order chi connectivity index (χ1) is 19.5. The van der Waals surface area contributed by atoms with E-state index in [4.69, 9.17) is 14.2 Å². The van der Waals surface area contributed by atoms with Gasteiger partial charge in [-0.05, 0) is 30.3 Å². The summed E-state index contributed by atoms with van der Waals surface area (Å²) in [6.45, 7) is 4.25. The molecule has 0 unspecified atom stereocenters.